The molecular formula is C27H33FN4O. The van der Waals surface area contributed by atoms with Gasteiger partial charge in [-0.05, 0) is 50.3 Å². The van der Waals surface area contributed by atoms with Gasteiger partial charge in [-0.3, -0.25) is 4.79 Å². The Morgan fingerprint density at radius 2 is 1.79 bits per heavy atom. The minimum Gasteiger partial charge on any atom is -0.335 e. The monoisotopic (exact) mass is 448 g/mol. The number of rotatable bonds is 4. The molecule has 1 aromatic carbocycles. The number of likely N-dealkylation sites (tertiary alicyclic amines) is 1. The van der Waals surface area contributed by atoms with Crippen LogP contribution in [0, 0.1) is 11.7 Å². The summed E-state index contributed by atoms with van der Waals surface area (Å²) in [6, 6.07) is 10.7. The predicted molar refractivity (Wildman–Crippen MR) is 128 cm³/mol. The molecule has 0 bridgehead atoms. The van der Waals surface area contributed by atoms with Gasteiger partial charge in [-0.25, -0.2) is 13.9 Å². The molecule has 1 unspecified atom stereocenters. The van der Waals surface area contributed by atoms with Gasteiger partial charge in [0.2, 0.25) is 0 Å². The first-order valence-electron chi connectivity index (χ1n) is 12.6. The molecule has 2 aromatic heterocycles. The largest absolute Gasteiger partial charge is 0.335 e. The van der Waals surface area contributed by atoms with E-state index in [1.165, 1.54) is 51.0 Å². The van der Waals surface area contributed by atoms with Gasteiger partial charge in [-0.15, -0.1) is 0 Å². The number of aromatic nitrogens is 3. The zero-order valence-electron chi connectivity index (χ0n) is 19.5. The molecule has 1 aliphatic carbocycles. The molecule has 3 aromatic rings. The Balaban J connectivity index is 1.56. The van der Waals surface area contributed by atoms with Crippen LogP contribution in [0.1, 0.15) is 80.9 Å². The first kappa shape index (κ1) is 22.1. The maximum atomic E-state index is 14.5. The third-order valence-corrected chi connectivity index (χ3v) is 7.41. The highest BCUT2D eigenvalue weighted by molar-refractivity contribution is 5.93. The van der Waals surface area contributed by atoms with Crippen molar-refractivity contribution in [3.63, 3.8) is 0 Å². The van der Waals surface area contributed by atoms with Crippen LogP contribution in [0.15, 0.2) is 36.4 Å². The number of carbonyl (C=O) groups excluding carboxylic acids is 1. The van der Waals surface area contributed by atoms with E-state index in [1.54, 1.807) is 12.1 Å². The summed E-state index contributed by atoms with van der Waals surface area (Å²) < 4.78 is 16.3. The Bertz CT molecular complexity index is 1130. The number of nitrogens with zero attached hydrogens (tertiary/aromatic N) is 4. The Hall–Kier alpha value is -2.76. The number of halogens is 1. The van der Waals surface area contributed by atoms with Gasteiger partial charge in [-0.2, -0.15) is 5.10 Å². The zero-order chi connectivity index (χ0) is 22.8. The first-order valence-corrected chi connectivity index (χ1v) is 12.6. The average molecular weight is 449 g/mol. The lowest BCUT2D eigenvalue weighted by molar-refractivity contribution is 0.0691. The number of hydrogen-bond donors (Lipinski definition) is 0. The molecule has 0 radical (unpaired) electrons. The van der Waals surface area contributed by atoms with Crippen molar-refractivity contribution in [2.45, 2.75) is 77.2 Å². The quantitative estimate of drug-likeness (QED) is 0.487. The molecule has 6 heteroatoms. The van der Waals surface area contributed by atoms with E-state index in [0.29, 0.717) is 28.5 Å². The molecule has 1 saturated heterocycles. The highest BCUT2D eigenvalue weighted by Crippen LogP contribution is 2.29. The lowest BCUT2D eigenvalue weighted by atomic mass is 9.86. The standard InChI is InChI=1S/C27H33FN4O/c1-19-10-4-3-9-15-31(19)27(33)25-17-21(16-20-11-5-2-6-12-20)32-26(29-25)18-24(30-32)22-13-7-8-14-23(22)28/h7-8,13-14,17-20H,2-6,9-12,15-16H2,1H3. The molecule has 2 fully saturated rings. The number of hydrogen-bond acceptors (Lipinski definition) is 3. The molecule has 174 valence electrons. The molecular weight excluding hydrogens is 415 g/mol. The molecule has 33 heavy (non-hydrogen) atoms. The summed E-state index contributed by atoms with van der Waals surface area (Å²) in [5.41, 5.74) is 3.12. The van der Waals surface area contributed by atoms with E-state index < -0.39 is 0 Å². The third-order valence-electron chi connectivity index (χ3n) is 7.41. The molecule has 3 heterocycles. The fourth-order valence-electron chi connectivity index (χ4n) is 5.50. The Kier molecular flexibility index (Phi) is 6.43. The van der Waals surface area contributed by atoms with Crippen molar-refractivity contribution in [3.8, 4) is 11.3 Å². The number of benzene rings is 1. The van der Waals surface area contributed by atoms with Crippen molar-refractivity contribution in [3.05, 3.63) is 53.6 Å². The summed E-state index contributed by atoms with van der Waals surface area (Å²) in [5.74, 6) is 0.292. The molecule has 5 nitrogen and oxygen atoms in total. The molecule has 0 spiro atoms. The van der Waals surface area contributed by atoms with E-state index in [0.717, 1.165) is 31.5 Å². The van der Waals surface area contributed by atoms with Crippen LogP contribution in [0.25, 0.3) is 16.9 Å². The summed E-state index contributed by atoms with van der Waals surface area (Å²) in [6.45, 7) is 2.92. The van der Waals surface area contributed by atoms with Gasteiger partial charge in [-0.1, -0.05) is 57.1 Å². The van der Waals surface area contributed by atoms with Crippen molar-refractivity contribution in [1.82, 2.24) is 19.5 Å². The van der Waals surface area contributed by atoms with Crippen LogP contribution in [0.5, 0.6) is 0 Å². The predicted octanol–water partition coefficient (Wildman–Crippen LogP) is 6.06. The normalized spacial score (nSPS) is 20.2. The maximum absolute atomic E-state index is 14.5. The molecule has 0 N–H and O–H groups in total. The Morgan fingerprint density at radius 1 is 1.03 bits per heavy atom. The number of fused-ring (bicyclic) bond motifs is 1. The second-order valence-corrected chi connectivity index (χ2v) is 9.82. The molecule has 5 rings (SSSR count). The fraction of sp³-hybridized carbons (Fsp3) is 0.519. The van der Waals surface area contributed by atoms with Gasteiger partial charge in [0, 0.05) is 29.9 Å². The number of carbonyl (C=O) groups is 1. The minimum atomic E-state index is -0.301. The molecule has 1 aliphatic heterocycles. The van der Waals surface area contributed by atoms with Crippen molar-refractivity contribution in [2.24, 2.45) is 5.92 Å². The molecule has 1 amide bonds. The lowest BCUT2D eigenvalue weighted by Crippen LogP contribution is -2.38. The highest BCUT2D eigenvalue weighted by atomic mass is 19.1. The maximum Gasteiger partial charge on any atom is 0.272 e. The van der Waals surface area contributed by atoms with Crippen LogP contribution in [0.3, 0.4) is 0 Å². The first-order chi connectivity index (χ1) is 16.1. The van der Waals surface area contributed by atoms with Gasteiger partial charge in [0.25, 0.3) is 5.91 Å². The topological polar surface area (TPSA) is 50.5 Å². The molecule has 2 aliphatic rings. The fourth-order valence-corrected chi connectivity index (χ4v) is 5.50. The van der Waals surface area contributed by atoms with Crippen LogP contribution in [0.4, 0.5) is 4.39 Å². The minimum absolute atomic E-state index is 0.00503. The van der Waals surface area contributed by atoms with E-state index in [4.69, 9.17) is 10.1 Å². The Morgan fingerprint density at radius 3 is 2.61 bits per heavy atom. The summed E-state index contributed by atoms with van der Waals surface area (Å²) >= 11 is 0. The van der Waals surface area contributed by atoms with Crippen molar-refractivity contribution in [1.29, 1.82) is 0 Å². The number of amides is 1. The van der Waals surface area contributed by atoms with Crippen LogP contribution in [-0.2, 0) is 6.42 Å². The molecule has 1 atom stereocenters. The summed E-state index contributed by atoms with van der Waals surface area (Å²) in [7, 11) is 0. The van der Waals surface area contributed by atoms with Crippen molar-refractivity contribution in [2.75, 3.05) is 6.54 Å². The van der Waals surface area contributed by atoms with Gasteiger partial charge >= 0.3 is 0 Å². The zero-order valence-corrected chi connectivity index (χ0v) is 19.5. The van der Waals surface area contributed by atoms with E-state index in [2.05, 4.69) is 6.92 Å². The van der Waals surface area contributed by atoms with Crippen LogP contribution in [0.2, 0.25) is 0 Å². The summed E-state index contributed by atoms with van der Waals surface area (Å²) in [5, 5.41) is 4.74. The van der Waals surface area contributed by atoms with E-state index in [9.17, 15) is 9.18 Å². The van der Waals surface area contributed by atoms with Crippen LogP contribution < -0.4 is 0 Å². The SMILES string of the molecule is CC1CCCCCN1C(=O)c1cc(CC2CCCCC2)n2nc(-c3ccccc3F)cc2n1. The van der Waals surface area contributed by atoms with Crippen molar-refractivity contribution >= 4 is 11.6 Å². The second kappa shape index (κ2) is 9.62. The van der Waals surface area contributed by atoms with Gasteiger partial charge in [0.15, 0.2) is 5.65 Å². The van der Waals surface area contributed by atoms with Gasteiger partial charge in [0.1, 0.15) is 11.5 Å². The van der Waals surface area contributed by atoms with Crippen LogP contribution in [-0.4, -0.2) is 38.0 Å². The van der Waals surface area contributed by atoms with Gasteiger partial charge < -0.3 is 4.90 Å². The lowest BCUT2D eigenvalue weighted by Gasteiger charge is -2.27. The van der Waals surface area contributed by atoms with E-state index in [1.807, 2.05) is 27.6 Å². The van der Waals surface area contributed by atoms with E-state index >= 15 is 0 Å². The van der Waals surface area contributed by atoms with Gasteiger partial charge in [0.05, 0.1) is 5.69 Å². The highest BCUT2D eigenvalue weighted by Gasteiger charge is 2.26. The van der Waals surface area contributed by atoms with Crippen LogP contribution >= 0.6 is 0 Å². The molecule has 1 saturated carbocycles. The van der Waals surface area contributed by atoms with Crippen molar-refractivity contribution < 1.29 is 9.18 Å². The summed E-state index contributed by atoms with van der Waals surface area (Å²) in [6.07, 6.45) is 11.5. The van der Waals surface area contributed by atoms with E-state index in [-0.39, 0.29) is 17.8 Å². The average Bonchev–Trinajstić information content (AvgIpc) is 3.14. The summed E-state index contributed by atoms with van der Waals surface area (Å²) in [4.78, 5) is 20.3. The smallest absolute Gasteiger partial charge is 0.272 e. The third kappa shape index (κ3) is 4.66. The Labute approximate surface area is 195 Å². The second-order valence-electron chi connectivity index (χ2n) is 9.82.